The van der Waals surface area contributed by atoms with Gasteiger partial charge in [-0.2, -0.15) is 0 Å². The van der Waals surface area contributed by atoms with E-state index in [1.54, 1.807) is 24.3 Å². The predicted molar refractivity (Wildman–Crippen MR) is 96.9 cm³/mol. The summed E-state index contributed by atoms with van der Waals surface area (Å²) in [4.78, 5) is 12.3. The molecule has 0 spiro atoms. The summed E-state index contributed by atoms with van der Waals surface area (Å²) in [7, 11) is 0. The highest BCUT2D eigenvalue weighted by molar-refractivity contribution is 6.05. The highest BCUT2D eigenvalue weighted by Gasteiger charge is 2.18. The van der Waals surface area contributed by atoms with Gasteiger partial charge in [-0.1, -0.05) is 6.07 Å². The van der Waals surface area contributed by atoms with Crippen molar-refractivity contribution in [3.05, 3.63) is 53.8 Å². The van der Waals surface area contributed by atoms with Gasteiger partial charge in [0.2, 0.25) is 0 Å². The van der Waals surface area contributed by atoms with E-state index >= 15 is 0 Å². The molecule has 1 amide bonds. The third kappa shape index (κ3) is 5.08. The van der Waals surface area contributed by atoms with Crippen LogP contribution in [-0.4, -0.2) is 25.2 Å². The summed E-state index contributed by atoms with van der Waals surface area (Å²) in [5.74, 6) is -0.429. The third-order valence-corrected chi connectivity index (χ3v) is 3.79. The third-order valence-electron chi connectivity index (χ3n) is 3.79. The fraction of sp³-hybridized carbons (Fsp3) is 0.278. The van der Waals surface area contributed by atoms with Gasteiger partial charge in [-0.05, 0) is 43.2 Å². The molecule has 7 heteroatoms. The van der Waals surface area contributed by atoms with Crippen molar-refractivity contribution >= 4 is 29.7 Å². The summed E-state index contributed by atoms with van der Waals surface area (Å²) in [6.45, 7) is 1.10. The quantitative estimate of drug-likeness (QED) is 0.792. The number of nitrogens with two attached hydrogens (primary N) is 1. The second-order valence-electron chi connectivity index (χ2n) is 5.67. The summed E-state index contributed by atoms with van der Waals surface area (Å²) < 4.78 is 24.8. The fourth-order valence-corrected chi connectivity index (χ4v) is 2.56. The van der Waals surface area contributed by atoms with Crippen LogP contribution in [0.4, 0.5) is 15.8 Å². The molecular weight excluding hydrogens is 347 g/mol. The Kier molecular flexibility index (Phi) is 6.61. The lowest BCUT2D eigenvalue weighted by atomic mass is 10.2. The largest absolute Gasteiger partial charge is 0.489 e. The van der Waals surface area contributed by atoms with Gasteiger partial charge in [-0.25, -0.2) is 4.39 Å². The van der Waals surface area contributed by atoms with Crippen molar-refractivity contribution in [2.75, 3.05) is 24.3 Å². The Morgan fingerprint density at radius 2 is 2.16 bits per heavy atom. The second kappa shape index (κ2) is 8.69. The fourth-order valence-electron chi connectivity index (χ4n) is 2.56. The van der Waals surface area contributed by atoms with Crippen LogP contribution in [0.2, 0.25) is 0 Å². The van der Waals surface area contributed by atoms with Crippen molar-refractivity contribution in [3.8, 4) is 5.75 Å². The van der Waals surface area contributed by atoms with E-state index in [4.69, 9.17) is 15.2 Å². The van der Waals surface area contributed by atoms with Crippen LogP contribution in [0.1, 0.15) is 23.2 Å². The Balaban J connectivity index is 0.00000225. The van der Waals surface area contributed by atoms with E-state index in [-0.39, 0.29) is 30.1 Å². The van der Waals surface area contributed by atoms with Gasteiger partial charge in [0.15, 0.2) is 0 Å². The van der Waals surface area contributed by atoms with Crippen molar-refractivity contribution in [2.45, 2.75) is 18.9 Å². The van der Waals surface area contributed by atoms with Gasteiger partial charge in [0.25, 0.3) is 5.91 Å². The first-order valence-electron chi connectivity index (χ1n) is 7.82. The lowest BCUT2D eigenvalue weighted by Crippen LogP contribution is -2.18. The monoisotopic (exact) mass is 366 g/mol. The van der Waals surface area contributed by atoms with Gasteiger partial charge in [-0.3, -0.25) is 4.79 Å². The van der Waals surface area contributed by atoms with E-state index in [0.717, 1.165) is 19.4 Å². The van der Waals surface area contributed by atoms with E-state index in [0.29, 0.717) is 23.6 Å². The zero-order valence-corrected chi connectivity index (χ0v) is 14.4. The molecule has 0 saturated carbocycles. The standard InChI is InChI=1S/C18H19FN2O3.ClH/c19-13-6-7-17(24-11-15-5-2-8-23-15)16(10-13)21-18(22)12-3-1-4-14(20)9-12;/h1,3-4,6-7,9-10,15H,2,5,8,11,20H2,(H,21,22);1H. The summed E-state index contributed by atoms with van der Waals surface area (Å²) in [6.07, 6.45) is 1.98. The van der Waals surface area contributed by atoms with E-state index in [2.05, 4.69) is 5.32 Å². The van der Waals surface area contributed by atoms with Crippen molar-refractivity contribution in [3.63, 3.8) is 0 Å². The normalized spacial score (nSPS) is 16.1. The SMILES string of the molecule is Cl.Nc1cccc(C(=O)Nc2cc(F)ccc2OCC2CCCO2)c1. The first-order chi connectivity index (χ1) is 11.6. The Bertz CT molecular complexity index is 736. The summed E-state index contributed by atoms with van der Waals surface area (Å²) >= 11 is 0. The number of benzene rings is 2. The van der Waals surface area contributed by atoms with Gasteiger partial charge in [0.1, 0.15) is 18.2 Å². The van der Waals surface area contributed by atoms with Crippen molar-refractivity contribution in [2.24, 2.45) is 0 Å². The zero-order chi connectivity index (χ0) is 16.9. The average molecular weight is 367 g/mol. The Morgan fingerprint density at radius 3 is 2.88 bits per heavy atom. The molecule has 1 fully saturated rings. The number of ether oxygens (including phenoxy) is 2. The molecule has 1 aliphatic heterocycles. The van der Waals surface area contributed by atoms with Crippen LogP contribution in [0.5, 0.6) is 5.75 Å². The highest BCUT2D eigenvalue weighted by Crippen LogP contribution is 2.27. The van der Waals surface area contributed by atoms with E-state index in [9.17, 15) is 9.18 Å². The smallest absolute Gasteiger partial charge is 0.255 e. The summed E-state index contributed by atoms with van der Waals surface area (Å²) in [5.41, 5.74) is 6.84. The molecule has 2 aromatic carbocycles. The summed E-state index contributed by atoms with van der Waals surface area (Å²) in [5, 5.41) is 2.67. The number of carbonyl (C=O) groups is 1. The van der Waals surface area contributed by atoms with E-state index < -0.39 is 5.82 Å². The molecule has 0 bridgehead atoms. The van der Waals surface area contributed by atoms with Gasteiger partial charge >= 0.3 is 0 Å². The van der Waals surface area contributed by atoms with E-state index in [1.807, 2.05) is 0 Å². The maximum atomic E-state index is 13.6. The number of halogens is 2. The maximum Gasteiger partial charge on any atom is 0.255 e. The summed E-state index contributed by atoms with van der Waals surface area (Å²) in [6, 6.07) is 10.6. The molecule has 5 nitrogen and oxygen atoms in total. The molecule has 3 rings (SSSR count). The topological polar surface area (TPSA) is 73.6 Å². The second-order valence-corrected chi connectivity index (χ2v) is 5.67. The maximum absolute atomic E-state index is 13.6. The molecular formula is C18H20ClFN2O3. The molecule has 1 atom stereocenters. The number of amides is 1. The zero-order valence-electron chi connectivity index (χ0n) is 13.5. The van der Waals surface area contributed by atoms with Crippen LogP contribution < -0.4 is 15.8 Å². The van der Waals surface area contributed by atoms with Crippen LogP contribution in [0.15, 0.2) is 42.5 Å². The Labute approximate surface area is 151 Å². The number of hydrogen-bond acceptors (Lipinski definition) is 4. The Hall–Kier alpha value is -2.31. The number of carbonyl (C=O) groups excluding carboxylic acids is 1. The molecule has 1 aliphatic rings. The first-order valence-corrected chi connectivity index (χ1v) is 7.82. The molecule has 134 valence electrons. The molecule has 3 N–H and O–H groups in total. The molecule has 1 heterocycles. The van der Waals surface area contributed by atoms with Crippen LogP contribution in [0.3, 0.4) is 0 Å². The molecule has 0 radical (unpaired) electrons. The molecule has 1 saturated heterocycles. The first kappa shape index (κ1) is 19.0. The average Bonchev–Trinajstić information content (AvgIpc) is 3.07. The predicted octanol–water partition coefficient (Wildman–Crippen LogP) is 3.64. The Morgan fingerprint density at radius 1 is 1.32 bits per heavy atom. The van der Waals surface area contributed by atoms with Gasteiger partial charge in [0, 0.05) is 23.9 Å². The number of rotatable bonds is 5. The van der Waals surface area contributed by atoms with Gasteiger partial charge < -0.3 is 20.5 Å². The highest BCUT2D eigenvalue weighted by atomic mass is 35.5. The van der Waals surface area contributed by atoms with Crippen molar-refractivity contribution < 1.29 is 18.7 Å². The van der Waals surface area contributed by atoms with Crippen LogP contribution >= 0.6 is 12.4 Å². The molecule has 0 aromatic heterocycles. The van der Waals surface area contributed by atoms with Crippen LogP contribution in [0.25, 0.3) is 0 Å². The minimum atomic E-state index is -0.456. The lowest BCUT2D eigenvalue weighted by Gasteiger charge is -2.15. The van der Waals surface area contributed by atoms with Crippen LogP contribution in [-0.2, 0) is 4.74 Å². The molecule has 0 aliphatic carbocycles. The van der Waals surface area contributed by atoms with Crippen molar-refractivity contribution in [1.82, 2.24) is 0 Å². The number of anilines is 2. The minimum absolute atomic E-state index is 0. The van der Waals surface area contributed by atoms with Gasteiger partial charge in [-0.15, -0.1) is 12.4 Å². The number of hydrogen-bond donors (Lipinski definition) is 2. The number of nitrogens with one attached hydrogen (secondary N) is 1. The van der Waals surface area contributed by atoms with Crippen molar-refractivity contribution in [1.29, 1.82) is 0 Å². The lowest BCUT2D eigenvalue weighted by molar-refractivity contribution is 0.0681. The number of nitrogen functional groups attached to an aromatic ring is 1. The van der Waals surface area contributed by atoms with E-state index in [1.165, 1.54) is 18.2 Å². The molecule has 2 aromatic rings. The molecule has 25 heavy (non-hydrogen) atoms. The molecule has 1 unspecified atom stereocenters. The van der Waals surface area contributed by atoms with Crippen LogP contribution in [0, 0.1) is 5.82 Å². The minimum Gasteiger partial charge on any atom is -0.489 e. The van der Waals surface area contributed by atoms with Gasteiger partial charge in [0.05, 0.1) is 11.8 Å².